The normalized spacial score (nSPS) is 10.2. The first-order chi connectivity index (χ1) is 8.06. The number of nitro groups is 1. The van der Waals surface area contributed by atoms with Crippen molar-refractivity contribution in [3.05, 3.63) is 49.8 Å². The van der Waals surface area contributed by atoms with E-state index in [0.29, 0.717) is 5.82 Å². The van der Waals surface area contributed by atoms with Crippen LogP contribution < -0.4 is 0 Å². The summed E-state index contributed by atoms with van der Waals surface area (Å²) in [5, 5.41) is 10.5. The molecule has 2 aromatic rings. The number of nitro benzene ring substituents is 1. The predicted molar refractivity (Wildman–Crippen MR) is 71.6 cm³/mol. The quantitative estimate of drug-likeness (QED) is 0.364. The molecular formula is C11H8IN3O2. The Hall–Kier alpha value is -1.57. The minimum atomic E-state index is -0.426. The Kier molecular flexibility index (Phi) is 3.32. The number of aryl methyl sites for hydroxylation is 1. The molecule has 0 amide bonds. The number of nitrogens with zero attached hydrogens (tertiary/aromatic N) is 3. The average molecular weight is 341 g/mol. The van der Waals surface area contributed by atoms with Crippen LogP contribution in [0.3, 0.4) is 0 Å². The number of hydrogen-bond acceptors (Lipinski definition) is 4. The lowest BCUT2D eigenvalue weighted by atomic mass is 10.2. The van der Waals surface area contributed by atoms with Crippen LogP contribution in [0.4, 0.5) is 5.69 Å². The molecule has 0 spiro atoms. The monoisotopic (exact) mass is 341 g/mol. The van der Waals surface area contributed by atoms with Gasteiger partial charge in [-0.2, -0.15) is 0 Å². The van der Waals surface area contributed by atoms with Gasteiger partial charge in [-0.3, -0.25) is 10.1 Å². The van der Waals surface area contributed by atoms with E-state index in [4.69, 9.17) is 0 Å². The molecule has 0 aliphatic rings. The molecule has 0 bridgehead atoms. The minimum absolute atomic E-state index is 0.0658. The molecule has 1 aromatic heterocycles. The Bertz CT molecular complexity index is 549. The van der Waals surface area contributed by atoms with Gasteiger partial charge in [-0.25, -0.2) is 9.97 Å². The van der Waals surface area contributed by atoms with Crippen molar-refractivity contribution in [3.63, 3.8) is 0 Å². The summed E-state index contributed by atoms with van der Waals surface area (Å²) in [7, 11) is 0. The lowest BCUT2D eigenvalue weighted by Crippen LogP contribution is -1.94. The van der Waals surface area contributed by atoms with Crippen LogP contribution in [-0.2, 0) is 0 Å². The van der Waals surface area contributed by atoms with E-state index in [1.807, 2.05) is 13.0 Å². The molecule has 5 nitrogen and oxygen atoms in total. The van der Waals surface area contributed by atoms with Gasteiger partial charge in [-0.1, -0.05) is 0 Å². The van der Waals surface area contributed by atoms with Crippen molar-refractivity contribution >= 4 is 28.3 Å². The van der Waals surface area contributed by atoms with E-state index in [1.54, 1.807) is 12.1 Å². The van der Waals surface area contributed by atoms with Gasteiger partial charge in [0.15, 0.2) is 5.82 Å². The number of benzene rings is 1. The standard InChI is InChI=1S/C11H8IN3O2/c1-7-6-10(12)14-11(13-7)8-2-4-9(5-3-8)15(16)17/h2-6H,1H3. The maximum absolute atomic E-state index is 10.5. The molecular weight excluding hydrogens is 333 g/mol. The first-order valence-corrected chi connectivity index (χ1v) is 5.90. The molecule has 86 valence electrons. The van der Waals surface area contributed by atoms with Crippen molar-refractivity contribution in [1.29, 1.82) is 0 Å². The van der Waals surface area contributed by atoms with Crippen molar-refractivity contribution in [2.45, 2.75) is 6.92 Å². The third-order valence-corrected chi connectivity index (χ3v) is 2.71. The topological polar surface area (TPSA) is 68.9 Å². The molecule has 0 radical (unpaired) electrons. The number of non-ortho nitro benzene ring substituents is 1. The fourth-order valence-corrected chi connectivity index (χ4v) is 2.07. The molecule has 0 saturated carbocycles. The number of halogens is 1. The Morgan fingerprint density at radius 3 is 2.41 bits per heavy atom. The Morgan fingerprint density at radius 2 is 1.88 bits per heavy atom. The molecule has 2 rings (SSSR count). The predicted octanol–water partition coefficient (Wildman–Crippen LogP) is 2.96. The van der Waals surface area contributed by atoms with E-state index >= 15 is 0 Å². The van der Waals surface area contributed by atoms with Crippen molar-refractivity contribution in [2.75, 3.05) is 0 Å². The molecule has 0 fully saturated rings. The molecule has 0 atom stereocenters. The lowest BCUT2D eigenvalue weighted by molar-refractivity contribution is -0.384. The highest BCUT2D eigenvalue weighted by Crippen LogP contribution is 2.20. The first-order valence-electron chi connectivity index (χ1n) is 4.82. The molecule has 0 unspecified atom stereocenters. The Balaban J connectivity index is 2.43. The third kappa shape index (κ3) is 2.76. The second-order valence-corrected chi connectivity index (χ2v) is 4.56. The molecule has 0 saturated heterocycles. The van der Waals surface area contributed by atoms with Crippen molar-refractivity contribution in [2.24, 2.45) is 0 Å². The summed E-state index contributed by atoms with van der Waals surface area (Å²) >= 11 is 2.12. The summed E-state index contributed by atoms with van der Waals surface area (Å²) in [6, 6.07) is 8.09. The van der Waals surface area contributed by atoms with E-state index in [-0.39, 0.29) is 5.69 Å². The Labute approximate surface area is 111 Å². The first kappa shape index (κ1) is 11.9. The van der Waals surface area contributed by atoms with Crippen LogP contribution in [0.1, 0.15) is 5.69 Å². The third-order valence-electron chi connectivity index (χ3n) is 2.16. The summed E-state index contributed by atoms with van der Waals surface area (Å²) in [5.74, 6) is 0.587. The second kappa shape index (κ2) is 4.74. The van der Waals surface area contributed by atoms with Gasteiger partial charge in [0, 0.05) is 23.4 Å². The molecule has 0 aliphatic carbocycles. The van der Waals surface area contributed by atoms with Gasteiger partial charge >= 0.3 is 0 Å². The highest BCUT2D eigenvalue weighted by atomic mass is 127. The van der Waals surface area contributed by atoms with Gasteiger partial charge in [0.1, 0.15) is 3.70 Å². The van der Waals surface area contributed by atoms with E-state index in [2.05, 4.69) is 32.6 Å². The summed E-state index contributed by atoms with van der Waals surface area (Å²) in [5.41, 5.74) is 1.71. The van der Waals surface area contributed by atoms with Crippen molar-refractivity contribution in [3.8, 4) is 11.4 Å². The van der Waals surface area contributed by atoms with Crippen LogP contribution in [0.15, 0.2) is 30.3 Å². The SMILES string of the molecule is Cc1cc(I)nc(-c2ccc([N+](=O)[O-])cc2)n1. The van der Waals surface area contributed by atoms with Gasteiger partial charge in [0.05, 0.1) is 4.92 Å². The fraction of sp³-hybridized carbons (Fsp3) is 0.0909. The lowest BCUT2D eigenvalue weighted by Gasteiger charge is -2.02. The number of aromatic nitrogens is 2. The fourth-order valence-electron chi connectivity index (χ4n) is 1.39. The molecule has 0 N–H and O–H groups in total. The highest BCUT2D eigenvalue weighted by molar-refractivity contribution is 14.1. The van der Waals surface area contributed by atoms with E-state index < -0.39 is 4.92 Å². The van der Waals surface area contributed by atoms with Crippen LogP contribution in [0.5, 0.6) is 0 Å². The van der Waals surface area contributed by atoms with E-state index in [1.165, 1.54) is 12.1 Å². The zero-order valence-electron chi connectivity index (χ0n) is 8.92. The molecule has 1 aromatic carbocycles. The van der Waals surface area contributed by atoms with E-state index in [9.17, 15) is 10.1 Å². The van der Waals surface area contributed by atoms with Crippen LogP contribution in [0, 0.1) is 20.7 Å². The molecule has 6 heteroatoms. The molecule has 1 heterocycles. The largest absolute Gasteiger partial charge is 0.269 e. The second-order valence-electron chi connectivity index (χ2n) is 3.46. The highest BCUT2D eigenvalue weighted by Gasteiger charge is 2.07. The Morgan fingerprint density at radius 1 is 1.24 bits per heavy atom. The summed E-state index contributed by atoms with van der Waals surface area (Å²) in [4.78, 5) is 18.7. The summed E-state index contributed by atoms with van der Waals surface area (Å²) < 4.78 is 0.850. The maximum Gasteiger partial charge on any atom is 0.269 e. The molecule has 17 heavy (non-hydrogen) atoms. The van der Waals surface area contributed by atoms with Crippen molar-refractivity contribution in [1.82, 2.24) is 9.97 Å². The average Bonchev–Trinajstić information content (AvgIpc) is 2.28. The van der Waals surface area contributed by atoms with Gasteiger partial charge in [0.25, 0.3) is 5.69 Å². The van der Waals surface area contributed by atoms with Crippen LogP contribution in [-0.4, -0.2) is 14.9 Å². The summed E-state index contributed by atoms with van der Waals surface area (Å²) in [6.07, 6.45) is 0. The zero-order chi connectivity index (χ0) is 12.4. The number of rotatable bonds is 2. The van der Waals surface area contributed by atoms with Crippen LogP contribution in [0.25, 0.3) is 11.4 Å². The minimum Gasteiger partial charge on any atom is -0.258 e. The zero-order valence-corrected chi connectivity index (χ0v) is 11.1. The van der Waals surface area contributed by atoms with Gasteiger partial charge in [0.2, 0.25) is 0 Å². The smallest absolute Gasteiger partial charge is 0.258 e. The number of hydrogen-bond donors (Lipinski definition) is 0. The summed E-state index contributed by atoms with van der Waals surface area (Å²) in [6.45, 7) is 1.89. The van der Waals surface area contributed by atoms with Crippen molar-refractivity contribution < 1.29 is 4.92 Å². The van der Waals surface area contributed by atoms with Gasteiger partial charge < -0.3 is 0 Å². The van der Waals surface area contributed by atoms with E-state index in [0.717, 1.165) is 15.0 Å². The van der Waals surface area contributed by atoms with Gasteiger partial charge in [-0.15, -0.1) is 0 Å². The maximum atomic E-state index is 10.5. The molecule has 0 aliphatic heterocycles. The van der Waals surface area contributed by atoms with Crippen LogP contribution >= 0.6 is 22.6 Å². The van der Waals surface area contributed by atoms with Gasteiger partial charge in [-0.05, 0) is 47.7 Å². The van der Waals surface area contributed by atoms with Crippen LogP contribution in [0.2, 0.25) is 0 Å².